The van der Waals surface area contributed by atoms with Gasteiger partial charge in [-0.15, -0.1) is 0 Å². The van der Waals surface area contributed by atoms with Gasteiger partial charge in [0, 0.05) is 24.6 Å². The van der Waals surface area contributed by atoms with Gasteiger partial charge in [-0.3, -0.25) is 4.79 Å². The molecular weight excluding hydrogens is 424 g/mol. The highest BCUT2D eigenvalue weighted by atomic mass is 19.4. The number of hydrogen-bond donors (Lipinski definition) is 1. The summed E-state index contributed by atoms with van der Waals surface area (Å²) in [5.74, 6) is -0.375. The molecule has 1 N–H and O–H groups in total. The van der Waals surface area contributed by atoms with Crippen molar-refractivity contribution >= 4 is 16.9 Å². The summed E-state index contributed by atoms with van der Waals surface area (Å²) in [6, 6.07) is 8.29. The molecule has 3 aromatic rings. The van der Waals surface area contributed by atoms with Crippen LogP contribution in [0.2, 0.25) is 0 Å². The quantitative estimate of drug-likeness (QED) is 0.520. The fraction of sp³-hybridized carbons (Fsp3) is 0.333. The van der Waals surface area contributed by atoms with Crippen molar-refractivity contribution in [3.63, 3.8) is 0 Å². The first-order valence-electron chi connectivity index (χ1n) is 9.41. The van der Waals surface area contributed by atoms with E-state index in [2.05, 4.69) is 10.3 Å². The summed E-state index contributed by atoms with van der Waals surface area (Å²) in [6.07, 6.45) is -9.78. The van der Waals surface area contributed by atoms with E-state index in [9.17, 15) is 31.1 Å². The summed E-state index contributed by atoms with van der Waals surface area (Å²) in [5, 5.41) is 2.39. The molecule has 3 rings (SSSR count). The van der Waals surface area contributed by atoms with E-state index < -0.39 is 35.0 Å². The summed E-state index contributed by atoms with van der Waals surface area (Å²) in [5.41, 5.74) is -2.13. The Morgan fingerprint density at radius 1 is 1.00 bits per heavy atom. The molecule has 0 atom stereocenters. The van der Waals surface area contributed by atoms with E-state index in [-0.39, 0.29) is 25.1 Å². The van der Waals surface area contributed by atoms with Crippen LogP contribution in [0.5, 0.6) is 0 Å². The standard InChI is InChI=1S/C21H19F6N3O/c1-12(2)30-17-6-4-3-5-16(17)29-18(30)7-8-28-19(31)13-9-14(20(22,23)24)11-15(10-13)21(25,26)27/h3-6,9-12H,7-8H2,1-2H3,(H,28,31). The number of aromatic nitrogens is 2. The Morgan fingerprint density at radius 2 is 1.58 bits per heavy atom. The molecule has 0 bridgehead atoms. The van der Waals surface area contributed by atoms with Crippen LogP contribution in [-0.4, -0.2) is 22.0 Å². The molecule has 31 heavy (non-hydrogen) atoms. The van der Waals surface area contributed by atoms with E-state index in [1.165, 1.54) is 0 Å². The van der Waals surface area contributed by atoms with Crippen molar-refractivity contribution in [2.24, 2.45) is 0 Å². The lowest BCUT2D eigenvalue weighted by molar-refractivity contribution is -0.143. The molecule has 0 unspecified atom stereocenters. The number of fused-ring (bicyclic) bond motifs is 1. The normalized spacial score (nSPS) is 12.5. The average molecular weight is 443 g/mol. The van der Waals surface area contributed by atoms with Crippen molar-refractivity contribution in [1.82, 2.24) is 14.9 Å². The third-order valence-electron chi connectivity index (χ3n) is 4.67. The van der Waals surface area contributed by atoms with Crippen molar-refractivity contribution < 1.29 is 31.1 Å². The van der Waals surface area contributed by atoms with Crippen molar-refractivity contribution in [3.8, 4) is 0 Å². The molecule has 1 amide bonds. The highest BCUT2D eigenvalue weighted by Gasteiger charge is 2.37. The number of para-hydroxylation sites is 2. The highest BCUT2D eigenvalue weighted by molar-refractivity contribution is 5.94. The Hall–Kier alpha value is -3.04. The highest BCUT2D eigenvalue weighted by Crippen LogP contribution is 2.36. The second-order valence-electron chi connectivity index (χ2n) is 7.28. The summed E-state index contributed by atoms with van der Waals surface area (Å²) in [4.78, 5) is 16.8. The number of halogens is 6. The van der Waals surface area contributed by atoms with Crippen LogP contribution in [0.3, 0.4) is 0 Å². The molecule has 2 aromatic carbocycles. The fourth-order valence-electron chi connectivity index (χ4n) is 3.32. The zero-order chi connectivity index (χ0) is 23.0. The maximum Gasteiger partial charge on any atom is 0.416 e. The third kappa shape index (κ3) is 5.00. The smallest absolute Gasteiger partial charge is 0.352 e. The van der Waals surface area contributed by atoms with Gasteiger partial charge in [-0.1, -0.05) is 12.1 Å². The lowest BCUT2D eigenvalue weighted by Crippen LogP contribution is -2.27. The molecule has 1 aromatic heterocycles. The number of alkyl halides is 6. The van der Waals surface area contributed by atoms with E-state index in [4.69, 9.17) is 0 Å². The SMILES string of the molecule is CC(C)n1c(CCNC(=O)c2cc(C(F)(F)F)cc(C(F)(F)F)c2)nc2ccccc21. The second kappa shape index (κ2) is 8.24. The molecule has 0 saturated carbocycles. The number of hydrogen-bond acceptors (Lipinski definition) is 2. The number of amides is 1. The van der Waals surface area contributed by atoms with Gasteiger partial charge in [0.1, 0.15) is 5.82 Å². The lowest BCUT2D eigenvalue weighted by atomic mass is 10.0. The first kappa shape index (κ1) is 22.6. The molecular formula is C21H19F6N3O. The first-order chi connectivity index (χ1) is 14.4. The van der Waals surface area contributed by atoms with E-state index >= 15 is 0 Å². The van der Waals surface area contributed by atoms with Gasteiger partial charge >= 0.3 is 12.4 Å². The summed E-state index contributed by atoms with van der Waals surface area (Å²) >= 11 is 0. The van der Waals surface area contributed by atoms with Crippen LogP contribution in [0.1, 0.15) is 47.2 Å². The monoisotopic (exact) mass is 443 g/mol. The van der Waals surface area contributed by atoms with E-state index in [1.54, 1.807) is 0 Å². The Labute approximate surface area is 173 Å². The lowest BCUT2D eigenvalue weighted by Gasteiger charge is -2.15. The summed E-state index contributed by atoms with van der Waals surface area (Å²) in [7, 11) is 0. The Kier molecular flexibility index (Phi) is 6.02. The van der Waals surface area contributed by atoms with Gasteiger partial charge in [0.15, 0.2) is 0 Å². The summed E-state index contributed by atoms with van der Waals surface area (Å²) < 4.78 is 79.9. The van der Waals surface area contributed by atoms with Gasteiger partial charge in [-0.2, -0.15) is 26.3 Å². The molecule has 0 aliphatic rings. The first-order valence-corrected chi connectivity index (χ1v) is 9.41. The van der Waals surface area contributed by atoms with Gasteiger partial charge in [0.25, 0.3) is 5.91 Å². The van der Waals surface area contributed by atoms with Gasteiger partial charge in [0.2, 0.25) is 0 Å². The number of benzene rings is 2. The molecule has 0 saturated heterocycles. The van der Waals surface area contributed by atoms with Gasteiger partial charge in [-0.05, 0) is 44.2 Å². The van der Waals surface area contributed by atoms with Crippen molar-refractivity contribution in [3.05, 3.63) is 65.0 Å². The largest absolute Gasteiger partial charge is 0.416 e. The van der Waals surface area contributed by atoms with Crippen molar-refractivity contribution in [2.75, 3.05) is 6.54 Å². The average Bonchev–Trinajstić information content (AvgIpc) is 3.04. The molecule has 4 nitrogen and oxygen atoms in total. The molecule has 0 spiro atoms. The Bertz CT molecular complexity index is 1070. The van der Waals surface area contributed by atoms with Crippen LogP contribution < -0.4 is 5.32 Å². The molecule has 0 aliphatic carbocycles. The minimum Gasteiger partial charge on any atom is -0.352 e. The molecule has 0 aliphatic heterocycles. The van der Waals surface area contributed by atoms with Crippen LogP contribution in [0.4, 0.5) is 26.3 Å². The molecule has 0 fully saturated rings. The number of carbonyl (C=O) groups is 1. The van der Waals surface area contributed by atoms with Crippen LogP contribution in [0.25, 0.3) is 11.0 Å². The minimum absolute atomic E-state index is 0.00747. The third-order valence-corrected chi connectivity index (χ3v) is 4.67. The number of nitrogens with zero attached hydrogens (tertiary/aromatic N) is 2. The maximum atomic E-state index is 13.0. The van der Waals surface area contributed by atoms with Gasteiger partial charge in [-0.25, -0.2) is 4.98 Å². The molecule has 10 heteroatoms. The predicted octanol–water partition coefficient (Wildman–Crippen LogP) is 5.63. The van der Waals surface area contributed by atoms with Gasteiger partial charge < -0.3 is 9.88 Å². The zero-order valence-electron chi connectivity index (χ0n) is 16.6. The predicted molar refractivity (Wildman–Crippen MR) is 103 cm³/mol. The van der Waals surface area contributed by atoms with Crippen LogP contribution in [-0.2, 0) is 18.8 Å². The van der Waals surface area contributed by atoms with E-state index in [0.717, 1.165) is 11.0 Å². The van der Waals surface area contributed by atoms with Crippen molar-refractivity contribution in [2.45, 2.75) is 38.7 Å². The zero-order valence-corrected chi connectivity index (χ0v) is 16.6. The van der Waals surface area contributed by atoms with E-state index in [1.807, 2.05) is 42.7 Å². The van der Waals surface area contributed by atoms with Crippen LogP contribution >= 0.6 is 0 Å². The molecule has 0 radical (unpaired) electrons. The number of rotatable bonds is 5. The number of nitrogens with one attached hydrogen (secondary N) is 1. The van der Waals surface area contributed by atoms with Gasteiger partial charge in [0.05, 0.1) is 22.2 Å². The Balaban J connectivity index is 1.80. The second-order valence-corrected chi connectivity index (χ2v) is 7.28. The number of carbonyl (C=O) groups excluding carboxylic acids is 1. The fourth-order valence-corrected chi connectivity index (χ4v) is 3.32. The van der Waals surface area contributed by atoms with Crippen molar-refractivity contribution in [1.29, 1.82) is 0 Å². The Morgan fingerprint density at radius 3 is 2.13 bits per heavy atom. The maximum absolute atomic E-state index is 13.0. The molecule has 1 heterocycles. The van der Waals surface area contributed by atoms with Crippen LogP contribution in [0, 0.1) is 0 Å². The topological polar surface area (TPSA) is 46.9 Å². The number of imidazole rings is 1. The van der Waals surface area contributed by atoms with Crippen LogP contribution in [0.15, 0.2) is 42.5 Å². The minimum atomic E-state index is -5.02. The van der Waals surface area contributed by atoms with E-state index in [0.29, 0.717) is 18.0 Å². The molecule has 166 valence electrons. The summed E-state index contributed by atoms with van der Waals surface area (Å²) in [6.45, 7) is 3.90.